The highest BCUT2D eigenvalue weighted by atomic mass is 32.1. The fourth-order valence-electron chi connectivity index (χ4n) is 5.50. The van der Waals surface area contributed by atoms with Gasteiger partial charge in [-0.3, -0.25) is 14.6 Å². The summed E-state index contributed by atoms with van der Waals surface area (Å²) in [6, 6.07) is 18.9. The molecule has 0 spiro atoms. The maximum absolute atomic E-state index is 13.4. The number of aromatic nitrogens is 1. The second-order valence-corrected chi connectivity index (χ2v) is 12.0. The highest BCUT2D eigenvalue weighted by molar-refractivity contribution is 7.09. The van der Waals surface area contributed by atoms with E-state index in [1.807, 2.05) is 52.3 Å². The molecule has 4 aromatic rings. The molecule has 2 aliphatic heterocycles. The van der Waals surface area contributed by atoms with Crippen molar-refractivity contribution in [2.75, 3.05) is 40.1 Å². The topological polar surface area (TPSA) is 67.4 Å². The number of alkyl halides is 3. The van der Waals surface area contributed by atoms with Crippen molar-refractivity contribution in [2.45, 2.75) is 32.4 Å². The number of benzene rings is 3. The van der Waals surface area contributed by atoms with Gasteiger partial charge in [-0.15, -0.1) is 11.3 Å². The number of rotatable bonds is 10. The third kappa shape index (κ3) is 7.75. The van der Waals surface area contributed by atoms with Gasteiger partial charge in [0.05, 0.1) is 19.2 Å². The van der Waals surface area contributed by atoms with E-state index in [2.05, 4.69) is 9.88 Å². The number of nitrogens with zero attached hydrogens (tertiary/aromatic N) is 4. The first-order valence-corrected chi connectivity index (χ1v) is 15.5. The van der Waals surface area contributed by atoms with Gasteiger partial charge >= 0.3 is 6.18 Å². The molecule has 0 atom stereocenters. The van der Waals surface area contributed by atoms with E-state index < -0.39 is 11.7 Å². The number of hydrogen-bond acceptors (Lipinski definition) is 8. The molecule has 1 saturated heterocycles. The monoisotopic (exact) mass is 638 g/mol. The van der Waals surface area contributed by atoms with Crippen LogP contribution in [-0.2, 0) is 32.4 Å². The summed E-state index contributed by atoms with van der Waals surface area (Å²) in [5, 5.41) is 2.49. The van der Waals surface area contributed by atoms with Crippen LogP contribution in [0.3, 0.4) is 0 Å². The van der Waals surface area contributed by atoms with Crippen LogP contribution in [0.25, 0.3) is 0 Å². The van der Waals surface area contributed by atoms with Gasteiger partial charge in [0.1, 0.15) is 16.5 Å². The van der Waals surface area contributed by atoms with Crippen LogP contribution < -0.4 is 14.2 Å². The van der Waals surface area contributed by atoms with Crippen LogP contribution >= 0.6 is 11.3 Å². The second-order valence-electron chi connectivity index (χ2n) is 11.1. The predicted molar refractivity (Wildman–Crippen MR) is 163 cm³/mol. The van der Waals surface area contributed by atoms with Crippen molar-refractivity contribution in [3.8, 4) is 17.2 Å². The zero-order chi connectivity index (χ0) is 31.4. The molecule has 0 unspecified atom stereocenters. The summed E-state index contributed by atoms with van der Waals surface area (Å²) in [5.41, 5.74) is 2.37. The molecular weight excluding hydrogens is 605 g/mol. The van der Waals surface area contributed by atoms with Gasteiger partial charge < -0.3 is 19.1 Å². The van der Waals surface area contributed by atoms with Crippen LogP contribution in [0.5, 0.6) is 17.2 Å². The maximum Gasteiger partial charge on any atom is 0.416 e. The Bertz CT molecular complexity index is 1620. The molecule has 0 N–H and O–H groups in total. The number of hydrogen-bond donors (Lipinski definition) is 0. The van der Waals surface area contributed by atoms with E-state index in [1.165, 1.54) is 23.5 Å². The van der Waals surface area contributed by atoms with E-state index in [4.69, 9.17) is 14.2 Å². The summed E-state index contributed by atoms with van der Waals surface area (Å²) in [4.78, 5) is 24.2. The fraction of sp³-hybridized carbons (Fsp3) is 0.333. The minimum atomic E-state index is -4.42. The van der Waals surface area contributed by atoms with Crippen molar-refractivity contribution in [3.05, 3.63) is 105 Å². The van der Waals surface area contributed by atoms with Gasteiger partial charge in [0.25, 0.3) is 5.91 Å². The molecule has 0 radical (unpaired) electrons. The summed E-state index contributed by atoms with van der Waals surface area (Å²) in [6.07, 6.45) is -4.42. The van der Waals surface area contributed by atoms with Crippen molar-refractivity contribution < 1.29 is 32.2 Å². The Balaban J connectivity index is 1.09. The number of ether oxygens (including phenoxy) is 3. The molecule has 6 rings (SSSR count). The third-order valence-electron chi connectivity index (χ3n) is 7.86. The Hall–Kier alpha value is -4.13. The Morgan fingerprint density at radius 2 is 1.64 bits per heavy atom. The van der Waals surface area contributed by atoms with Crippen LogP contribution in [0.4, 0.5) is 13.2 Å². The van der Waals surface area contributed by atoms with Gasteiger partial charge in [-0.05, 0) is 47.0 Å². The number of fused-ring (bicyclic) bond motifs is 1. The predicted octanol–water partition coefficient (Wildman–Crippen LogP) is 6.06. The van der Waals surface area contributed by atoms with E-state index >= 15 is 0 Å². The quantitative estimate of drug-likeness (QED) is 0.209. The Morgan fingerprint density at radius 3 is 2.40 bits per heavy atom. The van der Waals surface area contributed by atoms with E-state index in [-0.39, 0.29) is 19.2 Å². The molecular formula is C33H33F3N4O4S. The normalized spacial score (nSPS) is 15.1. The van der Waals surface area contributed by atoms with Crippen molar-refractivity contribution in [3.63, 3.8) is 0 Å². The molecule has 1 amide bonds. The average molecular weight is 639 g/mol. The summed E-state index contributed by atoms with van der Waals surface area (Å²) < 4.78 is 56.3. The third-order valence-corrected chi connectivity index (χ3v) is 8.69. The highest BCUT2D eigenvalue weighted by Crippen LogP contribution is 2.33. The molecule has 0 bridgehead atoms. The number of piperazine rings is 1. The van der Waals surface area contributed by atoms with Gasteiger partial charge in [-0.25, -0.2) is 4.98 Å². The minimum Gasteiger partial charge on any atom is -0.497 e. The van der Waals surface area contributed by atoms with Crippen LogP contribution in [0.1, 0.15) is 37.7 Å². The molecule has 3 aromatic carbocycles. The lowest BCUT2D eigenvalue weighted by molar-refractivity contribution is -0.137. The molecule has 0 aliphatic carbocycles. The summed E-state index contributed by atoms with van der Waals surface area (Å²) in [7, 11) is 1.59. The lowest BCUT2D eigenvalue weighted by Crippen LogP contribution is -2.48. The zero-order valence-corrected chi connectivity index (χ0v) is 25.6. The van der Waals surface area contributed by atoms with E-state index in [9.17, 15) is 18.0 Å². The maximum atomic E-state index is 13.4. The number of methoxy groups -OCH3 is 1. The van der Waals surface area contributed by atoms with Gasteiger partial charge in [0, 0.05) is 51.2 Å². The average Bonchev–Trinajstić information content (AvgIpc) is 3.71. The van der Waals surface area contributed by atoms with Crippen molar-refractivity contribution >= 4 is 17.2 Å². The summed E-state index contributed by atoms with van der Waals surface area (Å²) >= 11 is 1.38. The fourth-order valence-corrected chi connectivity index (χ4v) is 6.31. The molecule has 8 nitrogen and oxygen atoms in total. The SMILES string of the molecule is COc1ccc(CN(Cc2cccc(C(F)(F)F)c2)Cc2nc(C(=O)N3CCN(Cc4ccc5c(c4)OCO5)CC3)cs2)cc1. The molecule has 45 heavy (non-hydrogen) atoms. The number of carbonyl (C=O) groups is 1. The van der Waals surface area contributed by atoms with Gasteiger partial charge in [0.15, 0.2) is 11.5 Å². The molecule has 2 aliphatic rings. The van der Waals surface area contributed by atoms with Crippen molar-refractivity contribution in [2.24, 2.45) is 0 Å². The Labute approximate surface area is 263 Å². The van der Waals surface area contributed by atoms with Crippen LogP contribution in [0.2, 0.25) is 0 Å². The van der Waals surface area contributed by atoms with Gasteiger partial charge in [-0.2, -0.15) is 13.2 Å². The van der Waals surface area contributed by atoms with Crippen molar-refractivity contribution in [1.29, 1.82) is 0 Å². The first kappa shape index (κ1) is 30.9. The molecule has 0 saturated carbocycles. The first-order valence-electron chi connectivity index (χ1n) is 14.6. The lowest BCUT2D eigenvalue weighted by atomic mass is 10.1. The zero-order valence-electron chi connectivity index (χ0n) is 24.8. The van der Waals surface area contributed by atoms with Gasteiger partial charge in [0.2, 0.25) is 6.79 Å². The van der Waals surface area contributed by atoms with E-state index in [0.29, 0.717) is 37.4 Å². The smallest absolute Gasteiger partial charge is 0.416 e. The van der Waals surface area contributed by atoms with Crippen LogP contribution in [0, 0.1) is 0 Å². The molecule has 1 aromatic heterocycles. The Morgan fingerprint density at radius 1 is 0.911 bits per heavy atom. The molecule has 3 heterocycles. The molecule has 12 heteroatoms. The Kier molecular flexibility index (Phi) is 9.24. The number of thiazole rings is 1. The lowest BCUT2D eigenvalue weighted by Gasteiger charge is -2.34. The molecule has 236 valence electrons. The number of carbonyl (C=O) groups excluding carboxylic acids is 1. The largest absolute Gasteiger partial charge is 0.497 e. The first-order chi connectivity index (χ1) is 21.7. The molecule has 1 fully saturated rings. The summed E-state index contributed by atoms with van der Waals surface area (Å²) in [5.74, 6) is 2.13. The van der Waals surface area contributed by atoms with Crippen molar-refractivity contribution in [1.82, 2.24) is 19.7 Å². The van der Waals surface area contributed by atoms with Gasteiger partial charge in [-0.1, -0.05) is 36.4 Å². The van der Waals surface area contributed by atoms with E-state index in [0.717, 1.165) is 59.1 Å². The second kappa shape index (κ2) is 13.5. The minimum absolute atomic E-state index is 0.111. The number of halogens is 3. The number of amides is 1. The highest BCUT2D eigenvalue weighted by Gasteiger charge is 2.30. The van der Waals surface area contributed by atoms with E-state index in [1.54, 1.807) is 18.6 Å². The standard InChI is InChI=1S/C33H33F3N4O4S/c1-42-27-8-5-23(6-9-27)17-39(19-24-3-2-4-26(15-24)33(34,35)36)20-31-37-28(21-45-31)32(41)40-13-11-38(12-14-40)18-25-7-10-29-30(16-25)44-22-43-29/h2-10,15-16,21H,11-14,17-20,22H2,1H3. The van der Waals surface area contributed by atoms with Crippen LogP contribution in [0.15, 0.2) is 72.1 Å². The summed E-state index contributed by atoms with van der Waals surface area (Å²) in [6.45, 7) is 4.81. The van der Waals surface area contributed by atoms with Crippen LogP contribution in [-0.4, -0.2) is 65.7 Å².